The molecule has 4 aromatic heterocycles. The summed E-state index contributed by atoms with van der Waals surface area (Å²) in [6.45, 7) is 18.7. The molecule has 5 heterocycles. The van der Waals surface area contributed by atoms with E-state index in [0.717, 1.165) is 12.3 Å². The molecule has 1 atom stereocenters. The number of sulfone groups is 1. The molecule has 1 fully saturated rings. The highest BCUT2D eigenvalue weighted by molar-refractivity contribution is 7.90. The number of carbonyl (C=O) groups excluding carboxylic acids is 1. The second kappa shape index (κ2) is 12.6. The molecule has 6 rings (SSSR count). The van der Waals surface area contributed by atoms with Gasteiger partial charge in [0.2, 0.25) is 12.5 Å². The number of anilines is 1. The molecule has 1 aromatic carbocycles. The number of aryl methyl sites for hydroxylation is 2. The fourth-order valence-electron chi connectivity index (χ4n) is 6.73. The molecule has 0 saturated carbocycles. The number of benzene rings is 1. The van der Waals surface area contributed by atoms with Crippen molar-refractivity contribution in [2.24, 2.45) is 0 Å². The summed E-state index contributed by atoms with van der Waals surface area (Å²) in [6, 6.07) is 5.95. The van der Waals surface area contributed by atoms with Crippen molar-refractivity contribution < 1.29 is 17.6 Å². The maximum atomic E-state index is 16.7. The minimum atomic E-state index is -4.26. The molecular weight excluding hydrogens is 648 g/mol. The topological polar surface area (TPSA) is 139 Å². The van der Waals surface area contributed by atoms with E-state index in [2.05, 4.69) is 26.6 Å². The van der Waals surface area contributed by atoms with Crippen molar-refractivity contribution in [3.05, 3.63) is 93.7 Å². The van der Waals surface area contributed by atoms with Crippen LogP contribution in [-0.2, 0) is 14.6 Å². The lowest BCUT2D eigenvalue weighted by Gasteiger charge is -2.40. The van der Waals surface area contributed by atoms with Crippen LogP contribution in [0.5, 0.6) is 0 Å². The molecular formula is C35H35FN8O4S. The Morgan fingerprint density at radius 3 is 2.61 bits per heavy atom. The number of hydrogen-bond acceptors (Lipinski definition) is 8. The summed E-state index contributed by atoms with van der Waals surface area (Å²) in [7, 11) is -4.26. The van der Waals surface area contributed by atoms with Gasteiger partial charge in [-0.15, -0.1) is 0 Å². The number of pyridine rings is 3. The van der Waals surface area contributed by atoms with Crippen LogP contribution >= 0.6 is 0 Å². The molecule has 1 saturated heterocycles. The zero-order valence-electron chi connectivity index (χ0n) is 27.8. The summed E-state index contributed by atoms with van der Waals surface area (Å²) in [6.07, 6.45) is 5.31. The van der Waals surface area contributed by atoms with Gasteiger partial charge in [0.1, 0.15) is 17.6 Å². The van der Waals surface area contributed by atoms with E-state index in [-0.39, 0.29) is 60.4 Å². The molecule has 1 aliphatic heterocycles. The second-order valence-electron chi connectivity index (χ2n) is 12.6. The van der Waals surface area contributed by atoms with E-state index in [1.165, 1.54) is 15.5 Å². The molecule has 0 aliphatic carbocycles. The average Bonchev–Trinajstić information content (AvgIpc) is 3.53. The van der Waals surface area contributed by atoms with Crippen LogP contribution in [0.15, 0.2) is 59.0 Å². The number of aromatic nitrogens is 5. The SMILES string of the molecule is [C-]#[N+]C[C@H]1CN(c2c(S(C)(=O)=O)c(=O)n(-c3c(C)ccnc3C(C)C)c3nc(-c4c(C)ccc5[nH]ncc45)c(F)cc23)CCN1C(=O)C=C. The molecule has 1 N–H and O–H groups in total. The molecule has 0 bridgehead atoms. The lowest BCUT2D eigenvalue weighted by Crippen LogP contribution is -2.56. The lowest BCUT2D eigenvalue weighted by molar-refractivity contribution is -0.128. The summed E-state index contributed by atoms with van der Waals surface area (Å²) in [5.74, 6) is -1.28. The molecule has 1 amide bonds. The number of carbonyl (C=O) groups is 1. The van der Waals surface area contributed by atoms with Crippen LogP contribution in [0.4, 0.5) is 10.1 Å². The van der Waals surface area contributed by atoms with Crippen molar-refractivity contribution in [3.63, 3.8) is 0 Å². The molecule has 49 heavy (non-hydrogen) atoms. The largest absolute Gasteiger partial charge is 0.366 e. The van der Waals surface area contributed by atoms with Gasteiger partial charge in [-0.2, -0.15) is 5.10 Å². The predicted octanol–water partition coefficient (Wildman–Crippen LogP) is 4.73. The summed E-state index contributed by atoms with van der Waals surface area (Å²) >= 11 is 0. The Morgan fingerprint density at radius 1 is 1.18 bits per heavy atom. The number of nitrogens with zero attached hydrogens (tertiary/aromatic N) is 7. The second-order valence-corrected chi connectivity index (χ2v) is 14.5. The van der Waals surface area contributed by atoms with Gasteiger partial charge in [0, 0.05) is 48.4 Å². The van der Waals surface area contributed by atoms with Crippen LogP contribution in [-0.4, -0.2) is 82.4 Å². The van der Waals surface area contributed by atoms with Crippen molar-refractivity contribution in [1.29, 1.82) is 0 Å². The molecule has 14 heteroatoms. The molecule has 12 nitrogen and oxygen atoms in total. The lowest BCUT2D eigenvalue weighted by atomic mass is 9.99. The highest BCUT2D eigenvalue weighted by Crippen LogP contribution is 2.39. The predicted molar refractivity (Wildman–Crippen MR) is 186 cm³/mol. The Kier molecular flexibility index (Phi) is 8.58. The van der Waals surface area contributed by atoms with Crippen molar-refractivity contribution >= 4 is 43.4 Å². The van der Waals surface area contributed by atoms with E-state index in [4.69, 9.17) is 11.6 Å². The fraction of sp³-hybridized carbons (Fsp3) is 0.314. The third-order valence-electron chi connectivity index (χ3n) is 8.96. The number of hydrogen-bond donors (Lipinski definition) is 1. The van der Waals surface area contributed by atoms with Crippen LogP contribution < -0.4 is 10.5 Å². The van der Waals surface area contributed by atoms with E-state index in [1.807, 2.05) is 32.9 Å². The monoisotopic (exact) mass is 682 g/mol. The third-order valence-corrected chi connectivity index (χ3v) is 10.1. The number of fused-ring (bicyclic) bond motifs is 2. The fourth-order valence-corrected chi connectivity index (χ4v) is 7.73. The van der Waals surface area contributed by atoms with Gasteiger partial charge in [0.05, 0.1) is 28.8 Å². The maximum Gasteiger partial charge on any atom is 0.277 e. The minimum absolute atomic E-state index is 0.0169. The Morgan fingerprint density at radius 2 is 1.94 bits per heavy atom. The molecule has 0 spiro atoms. The van der Waals surface area contributed by atoms with Gasteiger partial charge in [0.15, 0.2) is 20.4 Å². The van der Waals surface area contributed by atoms with Crippen molar-refractivity contribution in [2.75, 3.05) is 37.3 Å². The quantitative estimate of drug-likeness (QED) is 0.192. The van der Waals surface area contributed by atoms with Gasteiger partial charge in [-0.05, 0) is 55.2 Å². The first kappa shape index (κ1) is 33.5. The maximum absolute atomic E-state index is 16.7. The Bertz CT molecular complexity index is 2390. The zero-order chi connectivity index (χ0) is 35.4. The van der Waals surface area contributed by atoms with Gasteiger partial charge in [0.25, 0.3) is 5.56 Å². The van der Waals surface area contributed by atoms with Crippen molar-refractivity contribution in [1.82, 2.24) is 29.6 Å². The first-order chi connectivity index (χ1) is 23.3. The van der Waals surface area contributed by atoms with Crippen LogP contribution in [0.1, 0.15) is 36.6 Å². The van der Waals surface area contributed by atoms with Gasteiger partial charge >= 0.3 is 0 Å². The van der Waals surface area contributed by atoms with Crippen LogP contribution in [0.3, 0.4) is 0 Å². The van der Waals surface area contributed by atoms with Gasteiger partial charge < -0.3 is 14.6 Å². The van der Waals surface area contributed by atoms with E-state index in [0.29, 0.717) is 39.0 Å². The molecule has 0 radical (unpaired) electrons. The van der Waals surface area contributed by atoms with Gasteiger partial charge in [-0.25, -0.2) is 24.4 Å². The number of piperazine rings is 1. The van der Waals surface area contributed by atoms with Gasteiger partial charge in [-0.1, -0.05) is 26.5 Å². The van der Waals surface area contributed by atoms with Crippen molar-refractivity contribution in [3.8, 4) is 16.9 Å². The number of aromatic amines is 1. The Balaban J connectivity index is 1.77. The number of H-pyrrole nitrogens is 1. The first-order valence-corrected chi connectivity index (χ1v) is 17.6. The summed E-state index contributed by atoms with van der Waals surface area (Å²) in [5.41, 5.74) is 2.49. The number of rotatable bonds is 7. The molecule has 1 aliphatic rings. The number of halogens is 1. The highest BCUT2D eigenvalue weighted by atomic mass is 32.2. The Hall–Kier alpha value is -5.42. The summed E-state index contributed by atoms with van der Waals surface area (Å²) in [5, 5.41) is 7.75. The van der Waals surface area contributed by atoms with Crippen molar-refractivity contribution in [2.45, 2.75) is 44.6 Å². The minimum Gasteiger partial charge on any atom is -0.366 e. The zero-order valence-corrected chi connectivity index (χ0v) is 28.6. The molecule has 5 aromatic rings. The Labute approximate surface area is 282 Å². The smallest absolute Gasteiger partial charge is 0.277 e. The third kappa shape index (κ3) is 5.63. The van der Waals surface area contributed by atoms with Crippen LogP contribution in [0.25, 0.3) is 43.7 Å². The van der Waals surface area contributed by atoms with E-state index < -0.39 is 32.2 Å². The molecule has 0 unspecified atom stereocenters. The average molecular weight is 683 g/mol. The van der Waals surface area contributed by atoms with Crippen LogP contribution in [0.2, 0.25) is 0 Å². The summed E-state index contributed by atoms with van der Waals surface area (Å²) in [4.78, 5) is 43.1. The highest BCUT2D eigenvalue weighted by Gasteiger charge is 2.37. The van der Waals surface area contributed by atoms with E-state index >= 15 is 4.39 Å². The van der Waals surface area contributed by atoms with E-state index in [1.54, 1.807) is 30.3 Å². The standard InChI is InChI=1S/C35H35FN8O4S/c1-8-27(45)43-14-13-42(18-22(43)16-37-6)32-23-15-25(36)30(28-20(4)9-10-26-24(28)17-39-41-26)40-34(23)44(35(46)33(32)49(7,47)48)31-21(5)11-12-38-29(31)19(2)3/h8-12,15,17,19,22H,1,13-14,16,18H2,2-5,7H3,(H,39,41)/t22-/m0/s1. The van der Waals surface area contributed by atoms with Crippen LogP contribution in [0, 0.1) is 26.2 Å². The number of nitrogens with one attached hydrogen (secondary N) is 1. The molecule has 252 valence electrons. The summed E-state index contributed by atoms with van der Waals surface area (Å²) < 4.78 is 45.3. The number of amides is 1. The van der Waals surface area contributed by atoms with E-state index in [9.17, 15) is 18.0 Å². The normalized spacial score (nSPS) is 15.3. The first-order valence-electron chi connectivity index (χ1n) is 15.7. The van der Waals surface area contributed by atoms with Gasteiger partial charge in [-0.3, -0.25) is 24.2 Å².